The van der Waals surface area contributed by atoms with Crippen LogP contribution in [0, 0.1) is 17.6 Å². The number of amides is 1. The van der Waals surface area contributed by atoms with Gasteiger partial charge in [0.15, 0.2) is 5.82 Å². The van der Waals surface area contributed by atoms with E-state index in [0.717, 1.165) is 31.4 Å². The summed E-state index contributed by atoms with van der Waals surface area (Å²) in [6.45, 7) is 5.85. The van der Waals surface area contributed by atoms with Crippen molar-refractivity contribution in [2.24, 2.45) is 5.92 Å². The number of hydrogen-bond donors (Lipinski definition) is 2. The Morgan fingerprint density at radius 3 is 2.31 bits per heavy atom. The third kappa shape index (κ3) is 8.51. The maximum atomic E-state index is 15.5. The van der Waals surface area contributed by atoms with Crippen LogP contribution >= 0.6 is 0 Å². The van der Waals surface area contributed by atoms with E-state index in [2.05, 4.69) is 15.2 Å². The second kappa shape index (κ2) is 14.6. The molecule has 0 atom stereocenters. The van der Waals surface area contributed by atoms with E-state index in [-0.39, 0.29) is 41.8 Å². The highest BCUT2D eigenvalue weighted by Crippen LogP contribution is 2.37. The van der Waals surface area contributed by atoms with Crippen LogP contribution in [0.15, 0.2) is 42.5 Å². The van der Waals surface area contributed by atoms with E-state index >= 15 is 4.39 Å². The van der Waals surface area contributed by atoms with Crippen LogP contribution in [-0.2, 0) is 4.79 Å². The lowest BCUT2D eigenvalue weighted by atomic mass is 9.93. The summed E-state index contributed by atoms with van der Waals surface area (Å²) >= 11 is 0. The van der Waals surface area contributed by atoms with Crippen LogP contribution in [0.1, 0.15) is 49.2 Å². The van der Waals surface area contributed by atoms with Crippen LogP contribution in [0.5, 0.6) is 0 Å². The van der Waals surface area contributed by atoms with E-state index in [0.29, 0.717) is 35.0 Å². The molecule has 3 aromatic rings. The fourth-order valence-electron chi connectivity index (χ4n) is 4.67. The number of benzene rings is 2. The van der Waals surface area contributed by atoms with E-state index in [1.54, 1.807) is 44.4 Å². The van der Waals surface area contributed by atoms with Crippen molar-refractivity contribution in [2.75, 3.05) is 47.3 Å². The van der Waals surface area contributed by atoms with Gasteiger partial charge in [0.2, 0.25) is 0 Å². The van der Waals surface area contributed by atoms with Crippen molar-refractivity contribution in [3.05, 3.63) is 65.4 Å². The average Bonchev–Trinajstić information content (AvgIpc) is 3.40. The number of nitrogens with zero attached hydrogens (tertiary/aromatic N) is 2. The Morgan fingerprint density at radius 1 is 1.10 bits per heavy atom. The van der Waals surface area contributed by atoms with Gasteiger partial charge < -0.3 is 24.9 Å². The monoisotopic (exact) mass is 588 g/mol. The zero-order valence-corrected chi connectivity index (χ0v) is 24.9. The number of likely N-dealkylation sites (N-methyl/N-ethyl adjacent to an activating group) is 1. The van der Waals surface area contributed by atoms with Crippen molar-refractivity contribution in [2.45, 2.75) is 39.0 Å². The molecule has 6 nitrogen and oxygen atoms in total. The summed E-state index contributed by atoms with van der Waals surface area (Å²) in [6.07, 6.45) is 4.44. The van der Waals surface area contributed by atoms with Gasteiger partial charge in [0.25, 0.3) is 11.8 Å². The van der Waals surface area contributed by atoms with Gasteiger partial charge in [0.05, 0.1) is 12.1 Å². The predicted molar refractivity (Wildman–Crippen MR) is 160 cm³/mol. The Bertz CT molecular complexity index is 1410. The molecule has 0 saturated carbocycles. The zero-order chi connectivity index (χ0) is 31.0. The van der Waals surface area contributed by atoms with Crippen molar-refractivity contribution in [1.29, 1.82) is 0 Å². The van der Waals surface area contributed by atoms with E-state index in [1.165, 1.54) is 11.0 Å². The molecule has 0 spiro atoms. The molecule has 3 heterocycles. The lowest BCUT2D eigenvalue weighted by molar-refractivity contribution is -0.110. The topological polar surface area (TPSA) is 68.4 Å². The van der Waals surface area contributed by atoms with Crippen molar-refractivity contribution in [3.63, 3.8) is 0 Å². The summed E-state index contributed by atoms with van der Waals surface area (Å²) in [7, 11) is 5.26. The minimum atomic E-state index is -2.43. The summed E-state index contributed by atoms with van der Waals surface area (Å²) < 4.78 is 54.5. The number of carbonyl (C=O) groups is 2. The highest BCUT2D eigenvalue weighted by atomic mass is 19.3. The number of aromatic nitrogens is 1. The van der Waals surface area contributed by atoms with Crippen LogP contribution < -0.4 is 5.32 Å². The molecule has 2 N–H and O–H groups in total. The van der Waals surface area contributed by atoms with E-state index in [4.69, 9.17) is 0 Å². The van der Waals surface area contributed by atoms with E-state index < -0.39 is 11.7 Å². The molecule has 2 aliphatic heterocycles. The average molecular weight is 589 g/mol. The zero-order valence-electron chi connectivity index (χ0n) is 24.9. The summed E-state index contributed by atoms with van der Waals surface area (Å²) in [5.74, 6) is -3.30. The Balaban J connectivity index is 0.000000309. The summed E-state index contributed by atoms with van der Waals surface area (Å²) in [5.41, 5.74) is 2.75. The largest absolute Gasteiger partial charge is 0.348 e. The molecule has 0 aliphatic carbocycles. The van der Waals surface area contributed by atoms with Crippen LogP contribution in [0.25, 0.3) is 27.6 Å². The normalized spacial score (nSPS) is 16.6. The van der Waals surface area contributed by atoms with E-state index in [1.807, 2.05) is 27.0 Å². The van der Waals surface area contributed by atoms with Gasteiger partial charge in [0, 0.05) is 56.0 Å². The fourth-order valence-corrected chi connectivity index (χ4v) is 4.67. The summed E-state index contributed by atoms with van der Waals surface area (Å²) in [5, 5.41) is 3.12. The molecule has 1 fully saturated rings. The first-order valence-corrected chi connectivity index (χ1v) is 14.1. The van der Waals surface area contributed by atoms with Gasteiger partial charge in [-0.15, -0.1) is 0 Å². The maximum Gasteiger partial charge on any atom is 0.269 e. The second-order valence-corrected chi connectivity index (χ2v) is 11.2. The predicted octanol–water partition coefficient (Wildman–Crippen LogP) is 6.38. The Hall–Kier alpha value is -3.50. The molecular weight excluding hydrogens is 548 g/mol. The number of nitrogens with one attached hydrogen (secondary N) is 2. The van der Waals surface area contributed by atoms with Crippen molar-refractivity contribution in [3.8, 4) is 11.1 Å². The third-order valence-electron chi connectivity index (χ3n) is 6.89. The van der Waals surface area contributed by atoms with Crippen LogP contribution in [0.3, 0.4) is 0 Å². The molecule has 42 heavy (non-hydrogen) atoms. The highest BCUT2D eigenvalue weighted by Gasteiger charge is 2.30. The lowest BCUT2D eigenvalue weighted by Crippen LogP contribution is -2.38. The molecule has 0 unspecified atom stereocenters. The molecular formula is C32H40F4N4O2. The number of aromatic amines is 1. The first kappa shape index (κ1) is 33.0. The molecule has 1 amide bonds. The Morgan fingerprint density at radius 2 is 1.79 bits per heavy atom. The number of H-pyrrole nitrogens is 1. The molecule has 0 radical (unpaired) electrons. The number of rotatable bonds is 4. The number of fused-ring (bicyclic) bond motifs is 1. The van der Waals surface area contributed by atoms with Crippen molar-refractivity contribution >= 4 is 28.7 Å². The number of carbonyl (C=O) groups excluding carboxylic acids is 2. The summed E-state index contributed by atoms with van der Waals surface area (Å²) in [4.78, 5) is 28.4. The van der Waals surface area contributed by atoms with Crippen molar-refractivity contribution < 1.29 is 27.2 Å². The van der Waals surface area contributed by atoms with Crippen LogP contribution in [0.2, 0.25) is 0 Å². The van der Waals surface area contributed by atoms with Gasteiger partial charge in [-0.3, -0.25) is 4.79 Å². The minimum Gasteiger partial charge on any atom is -0.348 e. The highest BCUT2D eigenvalue weighted by molar-refractivity contribution is 6.04. The second-order valence-electron chi connectivity index (χ2n) is 11.2. The smallest absolute Gasteiger partial charge is 0.269 e. The lowest BCUT2D eigenvalue weighted by Gasteiger charge is -2.24. The first-order valence-electron chi connectivity index (χ1n) is 14.1. The molecule has 2 aliphatic rings. The minimum absolute atomic E-state index is 0.0556. The SMILES string of the molecule is CC(C)C=O.CN1CCC=C(c2cc(-c3ccccc3F)c3cc(C(=O)N(C)C)[nH]c3c2F)C1.FC1(F)CCCNC1. The Labute approximate surface area is 244 Å². The fraction of sp³-hybridized carbons (Fsp3) is 0.438. The molecule has 228 valence electrons. The molecule has 10 heteroatoms. The van der Waals surface area contributed by atoms with Gasteiger partial charge in [-0.2, -0.15) is 0 Å². The van der Waals surface area contributed by atoms with Gasteiger partial charge in [0.1, 0.15) is 17.8 Å². The van der Waals surface area contributed by atoms with E-state index in [9.17, 15) is 22.8 Å². The van der Waals surface area contributed by atoms with Gasteiger partial charge >= 0.3 is 0 Å². The van der Waals surface area contributed by atoms with Crippen molar-refractivity contribution in [1.82, 2.24) is 20.1 Å². The molecule has 2 aromatic carbocycles. The first-order chi connectivity index (χ1) is 19.8. The number of aldehydes is 1. The number of hydrogen-bond acceptors (Lipinski definition) is 4. The molecule has 5 rings (SSSR count). The van der Waals surface area contributed by atoms with Crippen LogP contribution in [0.4, 0.5) is 17.6 Å². The van der Waals surface area contributed by atoms with Gasteiger partial charge in [-0.25, -0.2) is 17.6 Å². The third-order valence-corrected chi connectivity index (χ3v) is 6.89. The van der Waals surface area contributed by atoms with Gasteiger partial charge in [-0.1, -0.05) is 38.1 Å². The standard InChI is InChI=1S/C23H23F2N3O.C5H9F2N.C4H8O/c1-27(2)23(29)20-12-18-17(15-8-4-5-9-19(15)24)11-16(21(25)22(18)26-20)14-7-6-10-28(3)13-14;6-5(7)2-1-3-8-4-5;1-4(2)3-5/h4-5,7-9,11-12,26H,6,10,13H2,1-3H3;8H,1-4H2;3-4H,1-2H3. The van der Waals surface area contributed by atoms with Gasteiger partial charge in [-0.05, 0) is 55.8 Å². The molecule has 1 saturated heterocycles. The summed E-state index contributed by atoms with van der Waals surface area (Å²) in [6, 6.07) is 9.74. The number of halogens is 4. The molecule has 1 aromatic heterocycles. The van der Waals surface area contributed by atoms with Crippen LogP contribution in [-0.4, -0.2) is 80.2 Å². The number of piperidine rings is 1. The molecule has 0 bridgehead atoms. The Kier molecular flexibility index (Phi) is 11.5. The quantitative estimate of drug-likeness (QED) is 0.274. The number of alkyl halides is 2. The maximum absolute atomic E-state index is 15.5.